The average molecular weight is 353 g/mol. The molecule has 0 saturated carbocycles. The Morgan fingerprint density at radius 3 is 2.71 bits per heavy atom. The number of anilines is 1. The number of ether oxygens (including phenoxy) is 2. The van der Waals surface area contributed by atoms with Crippen LogP contribution in [0.3, 0.4) is 0 Å². The fraction of sp³-hybridized carbons (Fsp3) is 0.400. The summed E-state index contributed by atoms with van der Waals surface area (Å²) in [5, 5.41) is 3.78. The Labute approximate surface area is 131 Å². The molecule has 21 heavy (non-hydrogen) atoms. The third kappa shape index (κ3) is 2.48. The van der Waals surface area contributed by atoms with Crippen LogP contribution in [0.2, 0.25) is 0 Å². The van der Waals surface area contributed by atoms with E-state index in [1.165, 1.54) is 0 Å². The predicted molar refractivity (Wildman–Crippen MR) is 83.7 cm³/mol. The lowest BCUT2D eigenvalue weighted by molar-refractivity contribution is 0.296. The van der Waals surface area contributed by atoms with E-state index < -0.39 is 0 Å². The third-order valence-electron chi connectivity index (χ3n) is 3.47. The number of halogens is 1. The van der Waals surface area contributed by atoms with Crippen molar-refractivity contribution in [3.8, 4) is 22.6 Å². The zero-order valence-electron chi connectivity index (χ0n) is 12.0. The van der Waals surface area contributed by atoms with Gasteiger partial charge in [-0.3, -0.25) is 0 Å². The summed E-state index contributed by atoms with van der Waals surface area (Å²) >= 11 is 3.62. The molecule has 0 radical (unpaired) electrons. The van der Waals surface area contributed by atoms with Crippen LogP contribution in [0.15, 0.2) is 21.3 Å². The van der Waals surface area contributed by atoms with Crippen molar-refractivity contribution in [2.75, 3.05) is 18.9 Å². The van der Waals surface area contributed by atoms with Gasteiger partial charge in [0.2, 0.25) is 5.88 Å². The average Bonchev–Trinajstić information content (AvgIpc) is 2.71. The van der Waals surface area contributed by atoms with Crippen molar-refractivity contribution >= 4 is 21.8 Å². The van der Waals surface area contributed by atoms with Gasteiger partial charge in [-0.05, 0) is 27.9 Å². The molecule has 1 aromatic heterocycles. The lowest BCUT2D eigenvalue weighted by Gasteiger charge is -2.20. The van der Waals surface area contributed by atoms with E-state index in [9.17, 15) is 0 Å². The van der Waals surface area contributed by atoms with Crippen LogP contribution >= 0.6 is 15.9 Å². The number of hydrogen-bond acceptors (Lipinski definition) is 5. The van der Waals surface area contributed by atoms with Gasteiger partial charge in [-0.15, -0.1) is 0 Å². The monoisotopic (exact) mass is 352 g/mol. The smallest absolute Gasteiger partial charge is 0.230 e. The van der Waals surface area contributed by atoms with Crippen molar-refractivity contribution in [1.29, 1.82) is 0 Å². The molecule has 0 bridgehead atoms. The van der Waals surface area contributed by atoms with Crippen molar-refractivity contribution in [2.45, 2.75) is 26.2 Å². The molecule has 0 aliphatic carbocycles. The molecule has 2 aromatic rings. The number of hydrogen-bond donors (Lipinski definition) is 1. The largest absolute Gasteiger partial charge is 0.490 e. The minimum atomic E-state index is 0.238. The SMILES string of the molecule is CC(C)c1c2c(cc(Br)c1-c1cnoc1N)OCCCO2. The Hall–Kier alpha value is -1.69. The first kappa shape index (κ1) is 14.3. The number of nitrogens with zero attached hydrogens (tertiary/aromatic N) is 1. The minimum absolute atomic E-state index is 0.238. The van der Waals surface area contributed by atoms with Crippen molar-refractivity contribution in [1.82, 2.24) is 5.16 Å². The van der Waals surface area contributed by atoms with E-state index in [0.717, 1.165) is 39.1 Å². The zero-order valence-corrected chi connectivity index (χ0v) is 13.6. The standard InChI is InChI=1S/C15H17BrN2O3/c1-8(2)12-13(9-7-18-21-15(9)17)10(16)6-11-14(12)20-5-3-4-19-11/h6-8H,3-5,17H2,1-2H3. The van der Waals surface area contributed by atoms with E-state index in [0.29, 0.717) is 19.1 Å². The Balaban J connectivity index is 2.29. The first-order valence-electron chi connectivity index (χ1n) is 6.92. The summed E-state index contributed by atoms with van der Waals surface area (Å²) in [6, 6.07) is 1.92. The van der Waals surface area contributed by atoms with Crippen LogP contribution in [0.1, 0.15) is 31.7 Å². The molecule has 0 amide bonds. The highest BCUT2D eigenvalue weighted by Gasteiger charge is 2.26. The van der Waals surface area contributed by atoms with Gasteiger partial charge < -0.3 is 19.7 Å². The second-order valence-electron chi connectivity index (χ2n) is 5.28. The van der Waals surface area contributed by atoms with Crippen molar-refractivity contribution in [3.63, 3.8) is 0 Å². The number of rotatable bonds is 2. The number of aromatic nitrogens is 1. The van der Waals surface area contributed by atoms with E-state index in [1.54, 1.807) is 6.20 Å². The van der Waals surface area contributed by atoms with Crippen molar-refractivity contribution in [3.05, 3.63) is 22.3 Å². The Morgan fingerprint density at radius 2 is 2.05 bits per heavy atom. The molecule has 0 spiro atoms. The molecule has 6 heteroatoms. The molecular weight excluding hydrogens is 336 g/mol. The molecule has 1 aromatic carbocycles. The molecule has 3 rings (SSSR count). The predicted octanol–water partition coefficient (Wildman–Crippen LogP) is 3.97. The number of benzene rings is 1. The van der Waals surface area contributed by atoms with Gasteiger partial charge in [0.15, 0.2) is 11.5 Å². The minimum Gasteiger partial charge on any atom is -0.490 e. The van der Waals surface area contributed by atoms with Crippen LogP contribution in [-0.2, 0) is 0 Å². The summed E-state index contributed by atoms with van der Waals surface area (Å²) in [6.07, 6.45) is 2.50. The first-order chi connectivity index (χ1) is 10.1. The summed E-state index contributed by atoms with van der Waals surface area (Å²) in [5.74, 6) is 2.09. The molecule has 2 heterocycles. The highest BCUT2D eigenvalue weighted by atomic mass is 79.9. The summed E-state index contributed by atoms with van der Waals surface area (Å²) in [7, 11) is 0. The quantitative estimate of drug-likeness (QED) is 0.885. The number of fused-ring (bicyclic) bond motifs is 1. The second kappa shape index (κ2) is 5.60. The molecule has 2 N–H and O–H groups in total. The van der Waals surface area contributed by atoms with Crippen LogP contribution in [0.5, 0.6) is 11.5 Å². The Morgan fingerprint density at radius 1 is 1.29 bits per heavy atom. The van der Waals surface area contributed by atoms with E-state index >= 15 is 0 Å². The van der Waals surface area contributed by atoms with Gasteiger partial charge in [0.25, 0.3) is 0 Å². The molecule has 0 fully saturated rings. The third-order valence-corrected chi connectivity index (χ3v) is 4.10. The van der Waals surface area contributed by atoms with Crippen LogP contribution in [-0.4, -0.2) is 18.4 Å². The van der Waals surface area contributed by atoms with Gasteiger partial charge in [-0.25, -0.2) is 0 Å². The topological polar surface area (TPSA) is 70.5 Å². The molecule has 0 saturated heterocycles. The maximum atomic E-state index is 5.94. The lowest BCUT2D eigenvalue weighted by atomic mass is 9.92. The fourth-order valence-electron chi connectivity index (χ4n) is 2.56. The molecule has 0 unspecified atom stereocenters. The summed E-state index contributed by atoms with van der Waals surface area (Å²) < 4.78 is 17.6. The summed E-state index contributed by atoms with van der Waals surface area (Å²) in [6.45, 7) is 5.53. The maximum Gasteiger partial charge on any atom is 0.230 e. The second-order valence-corrected chi connectivity index (χ2v) is 6.14. The molecular formula is C15H17BrN2O3. The Bertz CT molecular complexity index is 667. The van der Waals surface area contributed by atoms with Gasteiger partial charge in [-0.1, -0.05) is 19.0 Å². The van der Waals surface area contributed by atoms with Gasteiger partial charge in [0.1, 0.15) is 0 Å². The lowest BCUT2D eigenvalue weighted by Crippen LogP contribution is -2.03. The number of nitrogen functional groups attached to an aromatic ring is 1. The molecule has 1 aliphatic rings. The number of nitrogens with two attached hydrogens (primary N) is 1. The van der Waals surface area contributed by atoms with Crippen molar-refractivity contribution < 1.29 is 14.0 Å². The van der Waals surface area contributed by atoms with Gasteiger partial charge in [0.05, 0.1) is 25.0 Å². The molecule has 5 nitrogen and oxygen atoms in total. The molecule has 0 atom stereocenters. The van der Waals surface area contributed by atoms with Crippen molar-refractivity contribution in [2.24, 2.45) is 0 Å². The summed E-state index contributed by atoms with van der Waals surface area (Å²) in [4.78, 5) is 0. The maximum absolute atomic E-state index is 5.94. The van der Waals surface area contributed by atoms with Gasteiger partial charge in [0, 0.05) is 22.0 Å². The first-order valence-corrected chi connectivity index (χ1v) is 7.71. The van der Waals surface area contributed by atoms with Crippen LogP contribution < -0.4 is 15.2 Å². The highest BCUT2D eigenvalue weighted by molar-refractivity contribution is 9.10. The van der Waals surface area contributed by atoms with Gasteiger partial charge in [-0.2, -0.15) is 0 Å². The Kier molecular flexibility index (Phi) is 3.80. The molecule has 1 aliphatic heterocycles. The van der Waals surface area contributed by atoms with Gasteiger partial charge >= 0.3 is 0 Å². The van der Waals surface area contributed by atoms with E-state index in [1.807, 2.05) is 6.07 Å². The molecule has 112 valence electrons. The fourth-order valence-corrected chi connectivity index (χ4v) is 3.20. The van der Waals surface area contributed by atoms with E-state index in [4.69, 9.17) is 19.7 Å². The van der Waals surface area contributed by atoms with Crippen LogP contribution in [0.4, 0.5) is 5.88 Å². The van der Waals surface area contributed by atoms with E-state index in [-0.39, 0.29) is 5.92 Å². The summed E-state index contributed by atoms with van der Waals surface area (Å²) in [5.41, 5.74) is 8.66. The van der Waals surface area contributed by atoms with Crippen LogP contribution in [0.25, 0.3) is 11.1 Å². The van der Waals surface area contributed by atoms with Crippen LogP contribution in [0, 0.1) is 0 Å². The zero-order chi connectivity index (χ0) is 15.0. The highest BCUT2D eigenvalue weighted by Crippen LogP contribution is 2.48. The normalized spacial score (nSPS) is 14.3. The van der Waals surface area contributed by atoms with E-state index in [2.05, 4.69) is 34.9 Å².